The van der Waals surface area contributed by atoms with Gasteiger partial charge in [0.05, 0.1) is 6.26 Å². The van der Waals surface area contributed by atoms with Crippen LogP contribution in [0.15, 0.2) is 71.6 Å². The maximum absolute atomic E-state index is 11.9. The second-order valence-electron chi connectivity index (χ2n) is 4.67. The lowest BCUT2D eigenvalue weighted by Gasteiger charge is -2.04. The number of hydrogen-bond donors (Lipinski definition) is 1. The molecule has 4 nitrogen and oxygen atoms in total. The molecule has 0 saturated heterocycles. The van der Waals surface area contributed by atoms with Crippen LogP contribution in [-0.2, 0) is 0 Å². The number of carbonyl (C=O) groups excluding carboxylic acids is 1. The van der Waals surface area contributed by atoms with E-state index in [1.54, 1.807) is 24.5 Å². The molecule has 0 spiro atoms. The van der Waals surface area contributed by atoms with Gasteiger partial charge >= 0.3 is 0 Å². The molecule has 0 saturated carbocycles. The summed E-state index contributed by atoms with van der Waals surface area (Å²) < 4.78 is 5.07. The molecule has 0 atom stereocenters. The summed E-state index contributed by atoms with van der Waals surface area (Å²) in [5.41, 5.74) is 2.78. The first-order valence-corrected chi connectivity index (χ1v) is 6.84. The van der Waals surface area contributed by atoms with Crippen LogP contribution in [0.4, 0.5) is 5.69 Å². The Labute approximate surface area is 128 Å². The molecule has 1 aromatic carbocycles. The van der Waals surface area contributed by atoms with E-state index in [0.29, 0.717) is 0 Å². The molecule has 2 heterocycles. The third-order valence-electron chi connectivity index (χ3n) is 3.06. The third kappa shape index (κ3) is 3.49. The Balaban J connectivity index is 1.73. The van der Waals surface area contributed by atoms with E-state index < -0.39 is 0 Å². The van der Waals surface area contributed by atoms with Gasteiger partial charge in [-0.05, 0) is 47.5 Å². The number of hydrogen-bond acceptors (Lipinski definition) is 3. The number of amides is 1. The molecule has 3 aromatic rings. The average molecular weight is 290 g/mol. The lowest BCUT2D eigenvalue weighted by Crippen LogP contribution is -2.10. The van der Waals surface area contributed by atoms with Gasteiger partial charge in [0.2, 0.25) is 0 Å². The number of aromatic nitrogens is 1. The Bertz CT molecular complexity index is 778. The monoisotopic (exact) mass is 290 g/mol. The quantitative estimate of drug-likeness (QED) is 0.787. The summed E-state index contributed by atoms with van der Waals surface area (Å²) in [6.07, 6.45) is 8.95. The van der Waals surface area contributed by atoms with Crippen molar-refractivity contribution in [3.05, 3.63) is 84.1 Å². The molecule has 1 N–H and O–H groups in total. The summed E-state index contributed by atoms with van der Waals surface area (Å²) in [4.78, 5) is 15.9. The molecule has 4 heteroatoms. The Morgan fingerprint density at radius 2 is 1.82 bits per heavy atom. The smallest absolute Gasteiger partial charge is 0.291 e. The van der Waals surface area contributed by atoms with Gasteiger partial charge in [-0.15, -0.1) is 0 Å². The predicted octanol–water partition coefficient (Wildman–Crippen LogP) is 4.10. The van der Waals surface area contributed by atoms with E-state index in [9.17, 15) is 4.79 Å². The second kappa shape index (κ2) is 6.54. The standard InChI is InChI=1S/C18H14N2O2/c21-18(17-5-2-12-22-17)20-16-4-1-3-15(13-16)7-6-14-8-10-19-11-9-14/h1-13H,(H,20,21). The molecule has 108 valence electrons. The summed E-state index contributed by atoms with van der Waals surface area (Å²) in [5.74, 6) is 0.0259. The maximum Gasteiger partial charge on any atom is 0.291 e. The number of nitrogens with one attached hydrogen (secondary N) is 1. The molecule has 0 aliphatic rings. The minimum Gasteiger partial charge on any atom is -0.459 e. The van der Waals surface area contributed by atoms with Crippen molar-refractivity contribution in [2.45, 2.75) is 0 Å². The molecule has 0 unspecified atom stereocenters. The minimum absolute atomic E-state index is 0.264. The van der Waals surface area contributed by atoms with Gasteiger partial charge in [-0.25, -0.2) is 0 Å². The molecule has 0 aliphatic carbocycles. The van der Waals surface area contributed by atoms with Gasteiger partial charge in [-0.1, -0.05) is 24.3 Å². The van der Waals surface area contributed by atoms with E-state index in [-0.39, 0.29) is 11.7 Å². The molecule has 0 fully saturated rings. The Kier molecular flexibility index (Phi) is 4.11. The fourth-order valence-corrected chi connectivity index (χ4v) is 1.99. The van der Waals surface area contributed by atoms with Crippen molar-refractivity contribution < 1.29 is 9.21 Å². The van der Waals surface area contributed by atoms with Crippen LogP contribution in [-0.4, -0.2) is 10.9 Å². The van der Waals surface area contributed by atoms with Gasteiger partial charge in [-0.3, -0.25) is 9.78 Å². The largest absolute Gasteiger partial charge is 0.459 e. The van der Waals surface area contributed by atoms with Crippen molar-refractivity contribution in [3.63, 3.8) is 0 Å². The van der Waals surface area contributed by atoms with E-state index in [4.69, 9.17) is 4.42 Å². The van der Waals surface area contributed by atoms with Crippen molar-refractivity contribution >= 4 is 23.7 Å². The van der Waals surface area contributed by atoms with E-state index in [0.717, 1.165) is 16.8 Å². The van der Waals surface area contributed by atoms with E-state index in [2.05, 4.69) is 10.3 Å². The van der Waals surface area contributed by atoms with Gasteiger partial charge in [0.25, 0.3) is 5.91 Å². The number of pyridine rings is 1. The summed E-state index contributed by atoms with van der Waals surface area (Å²) in [6.45, 7) is 0. The third-order valence-corrected chi connectivity index (χ3v) is 3.06. The molecular formula is C18H14N2O2. The molecule has 22 heavy (non-hydrogen) atoms. The van der Waals surface area contributed by atoms with Crippen molar-refractivity contribution in [3.8, 4) is 0 Å². The van der Waals surface area contributed by atoms with Crippen LogP contribution in [0.1, 0.15) is 21.7 Å². The van der Waals surface area contributed by atoms with Gasteiger partial charge in [0.15, 0.2) is 5.76 Å². The van der Waals surface area contributed by atoms with Crippen LogP contribution in [0.25, 0.3) is 12.2 Å². The number of rotatable bonds is 4. The summed E-state index contributed by atoms with van der Waals surface area (Å²) in [6, 6.07) is 14.8. The zero-order chi connectivity index (χ0) is 15.2. The molecule has 2 aromatic heterocycles. The van der Waals surface area contributed by atoms with E-state index in [1.807, 2.05) is 48.6 Å². The maximum atomic E-state index is 11.9. The highest BCUT2D eigenvalue weighted by atomic mass is 16.3. The minimum atomic E-state index is -0.264. The van der Waals surface area contributed by atoms with Crippen molar-refractivity contribution in [1.29, 1.82) is 0 Å². The van der Waals surface area contributed by atoms with Crippen LogP contribution >= 0.6 is 0 Å². The van der Waals surface area contributed by atoms with Crippen molar-refractivity contribution in [2.24, 2.45) is 0 Å². The number of benzene rings is 1. The lowest BCUT2D eigenvalue weighted by atomic mass is 10.1. The molecule has 3 rings (SSSR count). The lowest BCUT2D eigenvalue weighted by molar-refractivity contribution is 0.0996. The molecule has 0 radical (unpaired) electrons. The van der Waals surface area contributed by atoms with Crippen LogP contribution < -0.4 is 5.32 Å². The SMILES string of the molecule is O=C(Nc1cccc(C=Cc2ccncc2)c1)c1ccco1. The average Bonchev–Trinajstić information content (AvgIpc) is 3.09. The highest BCUT2D eigenvalue weighted by molar-refractivity contribution is 6.02. The first-order chi connectivity index (χ1) is 10.8. The van der Waals surface area contributed by atoms with Gasteiger partial charge in [0.1, 0.15) is 0 Å². The number of furan rings is 1. The van der Waals surface area contributed by atoms with Crippen molar-refractivity contribution in [2.75, 3.05) is 5.32 Å². The Morgan fingerprint density at radius 1 is 1.00 bits per heavy atom. The van der Waals surface area contributed by atoms with Crippen LogP contribution in [0.3, 0.4) is 0 Å². The van der Waals surface area contributed by atoms with Crippen LogP contribution in [0.5, 0.6) is 0 Å². The van der Waals surface area contributed by atoms with Gasteiger partial charge < -0.3 is 9.73 Å². The summed E-state index contributed by atoms with van der Waals surface area (Å²) >= 11 is 0. The second-order valence-corrected chi connectivity index (χ2v) is 4.67. The van der Waals surface area contributed by atoms with Crippen molar-refractivity contribution in [1.82, 2.24) is 4.98 Å². The molecule has 0 bridgehead atoms. The fraction of sp³-hybridized carbons (Fsp3) is 0. The molecular weight excluding hydrogens is 276 g/mol. The molecule has 0 aliphatic heterocycles. The fourth-order valence-electron chi connectivity index (χ4n) is 1.99. The summed E-state index contributed by atoms with van der Waals surface area (Å²) in [5, 5.41) is 2.81. The Hall–Kier alpha value is -3.14. The van der Waals surface area contributed by atoms with Crippen LogP contribution in [0, 0.1) is 0 Å². The van der Waals surface area contributed by atoms with E-state index in [1.165, 1.54) is 6.26 Å². The van der Waals surface area contributed by atoms with Gasteiger partial charge in [0, 0.05) is 18.1 Å². The Morgan fingerprint density at radius 3 is 2.59 bits per heavy atom. The topological polar surface area (TPSA) is 55.1 Å². The highest BCUT2D eigenvalue weighted by Crippen LogP contribution is 2.15. The number of nitrogens with zero attached hydrogens (tertiary/aromatic N) is 1. The number of anilines is 1. The molecule has 1 amide bonds. The van der Waals surface area contributed by atoms with Gasteiger partial charge in [-0.2, -0.15) is 0 Å². The summed E-state index contributed by atoms with van der Waals surface area (Å²) in [7, 11) is 0. The van der Waals surface area contributed by atoms with Crippen LogP contribution in [0.2, 0.25) is 0 Å². The zero-order valence-corrected chi connectivity index (χ0v) is 11.8. The first kappa shape index (κ1) is 13.8. The predicted molar refractivity (Wildman–Crippen MR) is 86.3 cm³/mol. The number of carbonyl (C=O) groups is 1. The normalized spacial score (nSPS) is 10.7. The zero-order valence-electron chi connectivity index (χ0n) is 11.8. The first-order valence-electron chi connectivity index (χ1n) is 6.84. The van der Waals surface area contributed by atoms with E-state index >= 15 is 0 Å². The highest BCUT2D eigenvalue weighted by Gasteiger charge is 2.08.